The van der Waals surface area contributed by atoms with Crippen LogP contribution >= 0.6 is 50.7 Å². The fraction of sp³-hybridized carbons (Fsp3) is 0.235. The Morgan fingerprint density at radius 1 is 1.16 bits per heavy atom. The minimum absolute atomic E-state index is 0.0803. The van der Waals surface area contributed by atoms with Gasteiger partial charge in [-0.3, -0.25) is 0 Å². The van der Waals surface area contributed by atoms with Crippen LogP contribution in [0.1, 0.15) is 16.7 Å². The van der Waals surface area contributed by atoms with Crippen LogP contribution in [0.5, 0.6) is 0 Å². The zero-order chi connectivity index (χ0) is 18.4. The zero-order valence-electron chi connectivity index (χ0n) is 12.7. The van der Waals surface area contributed by atoms with Gasteiger partial charge in [-0.2, -0.15) is 0 Å². The van der Waals surface area contributed by atoms with E-state index in [0.29, 0.717) is 5.56 Å². The van der Waals surface area contributed by atoms with Crippen LogP contribution in [0.4, 0.5) is 8.78 Å². The molecule has 2 nitrogen and oxygen atoms in total. The molecule has 0 aliphatic carbocycles. The van der Waals surface area contributed by atoms with E-state index in [2.05, 4.69) is 21.1 Å². The maximum Gasteiger partial charge on any atom is 0.252 e. The Morgan fingerprint density at radius 2 is 1.80 bits per heavy atom. The predicted molar refractivity (Wildman–Crippen MR) is 100.0 cm³/mol. The van der Waals surface area contributed by atoms with Gasteiger partial charge in [0.05, 0.1) is 0 Å². The molecule has 132 valence electrons. The highest BCUT2D eigenvalue weighted by Gasteiger charge is 2.54. The lowest BCUT2D eigenvalue weighted by molar-refractivity contribution is -0.0286. The average molecular weight is 470 g/mol. The Bertz CT molecular complexity index is 842. The SMILES string of the molecule is Cc1cc(C2=NOC(Cl)(c3cc(Cl)cc(Cl)c3)C2C(F)F)ccc1Br. The molecule has 0 radical (unpaired) electrons. The van der Waals surface area contributed by atoms with Crippen molar-refractivity contribution in [3.8, 4) is 0 Å². The van der Waals surface area contributed by atoms with Gasteiger partial charge >= 0.3 is 0 Å². The Labute approximate surface area is 166 Å². The minimum Gasteiger partial charge on any atom is -0.367 e. The van der Waals surface area contributed by atoms with Crippen LogP contribution in [0.25, 0.3) is 0 Å². The molecule has 0 aromatic heterocycles. The summed E-state index contributed by atoms with van der Waals surface area (Å²) >= 11 is 21.8. The van der Waals surface area contributed by atoms with Gasteiger partial charge in [0, 0.05) is 25.6 Å². The topological polar surface area (TPSA) is 21.6 Å². The summed E-state index contributed by atoms with van der Waals surface area (Å²) in [5, 5.41) is 2.52. The van der Waals surface area contributed by atoms with Crippen LogP contribution in [0.2, 0.25) is 10.0 Å². The fourth-order valence-corrected chi connectivity index (χ4v) is 3.82. The third kappa shape index (κ3) is 3.52. The third-order valence-corrected chi connectivity index (χ3v) is 5.78. The largest absolute Gasteiger partial charge is 0.367 e. The van der Waals surface area contributed by atoms with Gasteiger partial charge in [0.15, 0.2) is 0 Å². The molecule has 0 N–H and O–H groups in total. The number of rotatable bonds is 3. The smallest absolute Gasteiger partial charge is 0.252 e. The van der Waals surface area contributed by atoms with E-state index in [0.717, 1.165) is 10.0 Å². The van der Waals surface area contributed by atoms with Crippen molar-refractivity contribution in [1.82, 2.24) is 0 Å². The van der Waals surface area contributed by atoms with Crippen LogP contribution < -0.4 is 0 Å². The first-order chi connectivity index (χ1) is 11.7. The van der Waals surface area contributed by atoms with Gasteiger partial charge in [-0.25, -0.2) is 8.78 Å². The summed E-state index contributed by atoms with van der Waals surface area (Å²) in [4.78, 5) is 5.29. The van der Waals surface area contributed by atoms with E-state index in [1.165, 1.54) is 18.2 Å². The molecule has 0 bridgehead atoms. The van der Waals surface area contributed by atoms with Crippen LogP contribution in [0, 0.1) is 12.8 Å². The molecule has 1 aliphatic heterocycles. The maximum atomic E-state index is 13.9. The molecule has 8 heteroatoms. The summed E-state index contributed by atoms with van der Waals surface area (Å²) in [6.45, 7) is 1.85. The Morgan fingerprint density at radius 3 is 2.36 bits per heavy atom. The van der Waals surface area contributed by atoms with E-state index in [9.17, 15) is 8.78 Å². The van der Waals surface area contributed by atoms with E-state index in [1.54, 1.807) is 18.2 Å². The summed E-state index contributed by atoms with van der Waals surface area (Å²) in [7, 11) is 0. The van der Waals surface area contributed by atoms with Gasteiger partial charge in [0.25, 0.3) is 6.43 Å². The molecule has 1 heterocycles. The van der Waals surface area contributed by atoms with Crippen LogP contribution in [0.3, 0.4) is 0 Å². The van der Waals surface area contributed by atoms with E-state index in [-0.39, 0.29) is 21.3 Å². The first-order valence-corrected chi connectivity index (χ1v) is 9.11. The molecule has 0 saturated carbocycles. The summed E-state index contributed by atoms with van der Waals surface area (Å²) in [5.74, 6) is -1.48. The van der Waals surface area contributed by atoms with E-state index in [1.807, 2.05) is 6.92 Å². The Kier molecular flexibility index (Phi) is 5.31. The number of hydrogen-bond acceptors (Lipinski definition) is 2. The van der Waals surface area contributed by atoms with E-state index >= 15 is 0 Å². The van der Waals surface area contributed by atoms with E-state index < -0.39 is 17.4 Å². The number of aryl methyl sites for hydroxylation is 1. The molecule has 2 aromatic carbocycles. The monoisotopic (exact) mass is 467 g/mol. The van der Waals surface area contributed by atoms with Crippen molar-refractivity contribution in [3.63, 3.8) is 0 Å². The summed E-state index contributed by atoms with van der Waals surface area (Å²) in [6.07, 6.45) is -2.81. The number of halogens is 6. The summed E-state index contributed by atoms with van der Waals surface area (Å²) in [6, 6.07) is 9.57. The molecule has 2 atom stereocenters. The van der Waals surface area contributed by atoms with Crippen molar-refractivity contribution < 1.29 is 13.6 Å². The van der Waals surface area contributed by atoms with Gasteiger partial charge in [0.1, 0.15) is 11.6 Å². The van der Waals surface area contributed by atoms with Crippen molar-refractivity contribution in [2.24, 2.45) is 11.1 Å². The lowest BCUT2D eigenvalue weighted by Gasteiger charge is -2.27. The highest BCUT2D eigenvalue weighted by atomic mass is 79.9. The second-order valence-corrected chi connectivity index (χ2v) is 7.94. The van der Waals surface area contributed by atoms with Gasteiger partial charge in [0.2, 0.25) is 5.06 Å². The molecule has 0 fully saturated rings. The molecule has 0 saturated heterocycles. The van der Waals surface area contributed by atoms with Crippen molar-refractivity contribution in [1.29, 1.82) is 0 Å². The number of alkyl halides is 3. The molecule has 2 unspecified atom stereocenters. The molecular weight excluding hydrogens is 458 g/mol. The molecule has 2 aromatic rings. The molecule has 0 spiro atoms. The first kappa shape index (κ1) is 18.9. The lowest BCUT2D eigenvalue weighted by atomic mass is 9.88. The van der Waals surface area contributed by atoms with Crippen LogP contribution in [-0.2, 0) is 9.90 Å². The third-order valence-electron chi connectivity index (χ3n) is 3.93. The lowest BCUT2D eigenvalue weighted by Crippen LogP contribution is -2.36. The van der Waals surface area contributed by atoms with Gasteiger partial charge in [-0.15, -0.1) is 0 Å². The molecule has 0 amide bonds. The van der Waals surface area contributed by atoms with Crippen LogP contribution in [-0.4, -0.2) is 12.1 Å². The Hall–Kier alpha value is -0.880. The second-order valence-electron chi connectivity index (χ2n) is 5.65. The fourth-order valence-electron chi connectivity index (χ4n) is 2.71. The first-order valence-electron chi connectivity index (χ1n) is 7.18. The number of nitrogens with zero attached hydrogens (tertiary/aromatic N) is 1. The highest BCUT2D eigenvalue weighted by molar-refractivity contribution is 9.10. The standard InChI is InChI=1S/C17H11BrCl3F2NO/c1-8-4-9(2-3-13(8)18)15-14(16(22)23)17(21,25-24-15)10-5-11(19)7-12(20)6-10/h2-7,14,16H,1H3. The molecule has 25 heavy (non-hydrogen) atoms. The van der Waals surface area contributed by atoms with Crippen molar-refractivity contribution >= 4 is 56.4 Å². The quantitative estimate of drug-likeness (QED) is 0.455. The normalized spacial score (nSPS) is 22.9. The van der Waals surface area contributed by atoms with Crippen molar-refractivity contribution in [3.05, 3.63) is 67.6 Å². The average Bonchev–Trinajstić information content (AvgIpc) is 2.88. The number of hydrogen-bond donors (Lipinski definition) is 0. The predicted octanol–water partition coefficient (Wildman–Crippen LogP) is 6.77. The maximum absolute atomic E-state index is 13.9. The number of benzene rings is 2. The zero-order valence-corrected chi connectivity index (χ0v) is 16.6. The molecule has 1 aliphatic rings. The van der Waals surface area contributed by atoms with Gasteiger partial charge < -0.3 is 4.84 Å². The van der Waals surface area contributed by atoms with Crippen LogP contribution in [0.15, 0.2) is 46.0 Å². The summed E-state index contributed by atoms with van der Waals surface area (Å²) in [5.41, 5.74) is 1.70. The Balaban J connectivity index is 2.08. The van der Waals surface area contributed by atoms with Gasteiger partial charge in [-0.05, 0) is 42.8 Å². The highest BCUT2D eigenvalue weighted by Crippen LogP contribution is 2.48. The van der Waals surface area contributed by atoms with E-state index in [4.69, 9.17) is 39.6 Å². The number of oxime groups is 1. The van der Waals surface area contributed by atoms with Crippen molar-refractivity contribution in [2.45, 2.75) is 18.4 Å². The minimum atomic E-state index is -2.81. The molecule has 3 rings (SSSR count). The molecular formula is C17H11BrCl3F2NO. The summed E-state index contributed by atoms with van der Waals surface area (Å²) < 4.78 is 28.7. The van der Waals surface area contributed by atoms with Gasteiger partial charge in [-0.1, -0.05) is 62.0 Å². The van der Waals surface area contributed by atoms with Crippen molar-refractivity contribution in [2.75, 3.05) is 0 Å². The second kappa shape index (κ2) is 7.03.